The minimum absolute atomic E-state index is 0.271. The zero-order chi connectivity index (χ0) is 17.1. The van der Waals surface area contributed by atoms with E-state index in [1.165, 1.54) is 19.3 Å². The molecule has 4 aliphatic rings. The maximum Gasteiger partial charge on any atom is 0.243 e. The Morgan fingerprint density at radius 1 is 1.15 bits per heavy atom. The number of nitrogens with zero attached hydrogens (tertiary/aromatic N) is 3. The van der Waals surface area contributed by atoms with Crippen molar-refractivity contribution in [2.24, 2.45) is 23.2 Å². The number of hydrogen-bond acceptors (Lipinski definition) is 6. The van der Waals surface area contributed by atoms with E-state index in [0.29, 0.717) is 17.3 Å². The third-order valence-corrected chi connectivity index (χ3v) is 6.59. The lowest BCUT2D eigenvalue weighted by atomic mass is 9.89. The van der Waals surface area contributed by atoms with Crippen molar-refractivity contribution in [2.75, 3.05) is 18.7 Å². The zero-order valence-electron chi connectivity index (χ0n) is 14.4. The van der Waals surface area contributed by atoms with E-state index in [2.05, 4.69) is 32.7 Å². The van der Waals surface area contributed by atoms with Crippen LogP contribution >= 0.6 is 0 Å². The molecule has 6 nitrogen and oxygen atoms in total. The molecule has 3 aliphatic carbocycles. The first-order chi connectivity index (χ1) is 12.8. The molecule has 1 N–H and O–H groups in total. The van der Waals surface area contributed by atoms with E-state index in [-0.39, 0.29) is 6.79 Å². The van der Waals surface area contributed by atoms with Crippen LogP contribution in [0.5, 0.6) is 11.5 Å². The van der Waals surface area contributed by atoms with E-state index in [1.807, 2.05) is 18.2 Å². The Balaban J connectivity index is 1.19. The number of fused-ring (bicyclic) bond motifs is 1. The lowest BCUT2D eigenvalue weighted by Gasteiger charge is -2.20. The van der Waals surface area contributed by atoms with Gasteiger partial charge in [-0.05, 0) is 60.6 Å². The standard InChI is InChI=1S/C20H20N4O2/c1-4-17-18(26-11-25-17)8-12(1)16-10-22-24-19(23-16)21-9-13-7-14-2-3-15(13)20(14)5-6-20/h1-4,8,10,13-15H,5-7,9,11H2,(H,21,23,24)/t13-,14-,15-/m1/s1. The van der Waals surface area contributed by atoms with Gasteiger partial charge in [-0.3, -0.25) is 0 Å². The average molecular weight is 348 g/mol. The fourth-order valence-electron chi connectivity index (χ4n) is 5.15. The largest absolute Gasteiger partial charge is 0.454 e. The minimum atomic E-state index is 0.271. The summed E-state index contributed by atoms with van der Waals surface area (Å²) in [6.45, 7) is 1.19. The molecule has 0 amide bonds. The first-order valence-corrected chi connectivity index (χ1v) is 9.34. The Hall–Kier alpha value is -2.63. The smallest absolute Gasteiger partial charge is 0.243 e. The van der Waals surface area contributed by atoms with E-state index < -0.39 is 0 Å². The van der Waals surface area contributed by atoms with Crippen molar-refractivity contribution in [3.8, 4) is 22.8 Å². The van der Waals surface area contributed by atoms with Crippen molar-refractivity contribution < 1.29 is 9.47 Å². The van der Waals surface area contributed by atoms with E-state index in [9.17, 15) is 0 Å². The molecule has 1 aromatic heterocycles. The fraction of sp³-hybridized carbons (Fsp3) is 0.450. The number of anilines is 1. The average Bonchev–Trinajstić information content (AvgIpc) is 3.10. The molecular weight excluding hydrogens is 328 g/mol. The van der Waals surface area contributed by atoms with Crippen LogP contribution in [0.1, 0.15) is 19.3 Å². The summed E-state index contributed by atoms with van der Waals surface area (Å²) >= 11 is 0. The molecule has 26 heavy (non-hydrogen) atoms. The Kier molecular flexibility index (Phi) is 2.90. The molecule has 132 valence electrons. The number of hydrogen-bond donors (Lipinski definition) is 1. The molecule has 3 atom stereocenters. The van der Waals surface area contributed by atoms with Gasteiger partial charge in [0.25, 0.3) is 0 Å². The number of allylic oxidation sites excluding steroid dienone is 2. The highest BCUT2D eigenvalue weighted by molar-refractivity contribution is 5.64. The lowest BCUT2D eigenvalue weighted by Crippen LogP contribution is -2.21. The summed E-state index contributed by atoms with van der Waals surface area (Å²) in [5, 5.41) is 11.7. The first-order valence-electron chi connectivity index (χ1n) is 9.34. The zero-order valence-corrected chi connectivity index (χ0v) is 14.4. The Bertz CT molecular complexity index is 908. The Morgan fingerprint density at radius 2 is 2.08 bits per heavy atom. The first kappa shape index (κ1) is 14.5. The van der Waals surface area contributed by atoms with Gasteiger partial charge in [0.05, 0.1) is 11.9 Å². The van der Waals surface area contributed by atoms with Crippen LogP contribution in [0.25, 0.3) is 11.3 Å². The fourth-order valence-corrected chi connectivity index (χ4v) is 5.15. The van der Waals surface area contributed by atoms with Gasteiger partial charge in [-0.15, -0.1) is 5.10 Å². The molecular formula is C20H20N4O2. The van der Waals surface area contributed by atoms with Crippen LogP contribution in [0.3, 0.4) is 0 Å². The van der Waals surface area contributed by atoms with Gasteiger partial charge in [0.15, 0.2) is 11.5 Å². The molecule has 2 saturated carbocycles. The minimum Gasteiger partial charge on any atom is -0.454 e. The predicted octanol–water partition coefficient (Wildman–Crippen LogP) is 3.28. The Labute approximate surface area is 151 Å². The summed E-state index contributed by atoms with van der Waals surface area (Å²) in [5.41, 5.74) is 2.36. The third-order valence-electron chi connectivity index (χ3n) is 6.59. The molecule has 6 rings (SSSR count). The molecule has 2 bridgehead atoms. The monoisotopic (exact) mass is 348 g/mol. The number of rotatable bonds is 4. The van der Waals surface area contributed by atoms with Gasteiger partial charge < -0.3 is 14.8 Å². The van der Waals surface area contributed by atoms with Crippen molar-refractivity contribution in [1.29, 1.82) is 0 Å². The van der Waals surface area contributed by atoms with Gasteiger partial charge in [0.2, 0.25) is 12.7 Å². The van der Waals surface area contributed by atoms with Crippen LogP contribution in [-0.2, 0) is 0 Å². The molecule has 2 fully saturated rings. The van der Waals surface area contributed by atoms with Crippen LogP contribution in [0.15, 0.2) is 36.5 Å². The van der Waals surface area contributed by atoms with Crippen LogP contribution < -0.4 is 14.8 Å². The molecule has 0 radical (unpaired) electrons. The van der Waals surface area contributed by atoms with Crippen LogP contribution in [0, 0.1) is 23.2 Å². The van der Waals surface area contributed by atoms with Crippen molar-refractivity contribution in [3.63, 3.8) is 0 Å². The van der Waals surface area contributed by atoms with Crippen molar-refractivity contribution in [1.82, 2.24) is 15.2 Å². The van der Waals surface area contributed by atoms with E-state index in [0.717, 1.165) is 41.1 Å². The SMILES string of the molecule is C1=C[C@@H]2[C@@H](CNc3nncc(-c4ccc5c(c4)OCO5)n3)C[C@@H]1C21CC1. The molecule has 2 aromatic rings. The lowest BCUT2D eigenvalue weighted by molar-refractivity contribution is 0.174. The second-order valence-electron chi connectivity index (χ2n) is 7.86. The second kappa shape index (κ2) is 5.19. The van der Waals surface area contributed by atoms with Crippen LogP contribution in [-0.4, -0.2) is 28.5 Å². The number of ether oxygens (including phenoxy) is 2. The summed E-state index contributed by atoms with van der Waals surface area (Å²) in [5.74, 6) is 4.34. The number of benzene rings is 1. The molecule has 0 unspecified atom stereocenters. The van der Waals surface area contributed by atoms with Crippen LogP contribution in [0.4, 0.5) is 5.95 Å². The normalized spacial score (nSPS) is 28.7. The van der Waals surface area contributed by atoms with Gasteiger partial charge in [-0.1, -0.05) is 12.2 Å². The maximum absolute atomic E-state index is 5.45. The van der Waals surface area contributed by atoms with E-state index in [4.69, 9.17) is 9.47 Å². The highest BCUT2D eigenvalue weighted by Crippen LogP contribution is 2.70. The van der Waals surface area contributed by atoms with Crippen molar-refractivity contribution >= 4 is 5.95 Å². The van der Waals surface area contributed by atoms with Crippen molar-refractivity contribution in [2.45, 2.75) is 19.3 Å². The molecule has 1 spiro atoms. The molecule has 2 heterocycles. The predicted molar refractivity (Wildman–Crippen MR) is 95.8 cm³/mol. The highest BCUT2D eigenvalue weighted by Gasteiger charge is 2.62. The number of aromatic nitrogens is 3. The molecule has 1 aromatic carbocycles. The summed E-state index contributed by atoms with van der Waals surface area (Å²) in [6.07, 6.45) is 10.7. The Morgan fingerprint density at radius 3 is 2.96 bits per heavy atom. The maximum atomic E-state index is 5.45. The van der Waals surface area contributed by atoms with Crippen molar-refractivity contribution in [3.05, 3.63) is 36.5 Å². The van der Waals surface area contributed by atoms with E-state index in [1.54, 1.807) is 6.20 Å². The summed E-state index contributed by atoms with van der Waals surface area (Å²) in [7, 11) is 0. The molecule has 1 aliphatic heterocycles. The van der Waals surface area contributed by atoms with Crippen LogP contribution in [0.2, 0.25) is 0 Å². The van der Waals surface area contributed by atoms with Gasteiger partial charge in [-0.25, -0.2) is 4.98 Å². The van der Waals surface area contributed by atoms with Gasteiger partial charge in [0.1, 0.15) is 0 Å². The van der Waals surface area contributed by atoms with Gasteiger partial charge >= 0.3 is 0 Å². The summed E-state index contributed by atoms with van der Waals surface area (Å²) in [6, 6.07) is 5.82. The van der Waals surface area contributed by atoms with Gasteiger partial charge in [-0.2, -0.15) is 5.10 Å². The topological polar surface area (TPSA) is 69.2 Å². The third kappa shape index (κ3) is 2.08. The van der Waals surface area contributed by atoms with E-state index >= 15 is 0 Å². The highest BCUT2D eigenvalue weighted by atomic mass is 16.7. The molecule has 6 heteroatoms. The second-order valence-corrected chi connectivity index (χ2v) is 7.86. The summed E-state index contributed by atoms with van der Waals surface area (Å²) in [4.78, 5) is 4.64. The number of nitrogens with one attached hydrogen (secondary N) is 1. The summed E-state index contributed by atoms with van der Waals surface area (Å²) < 4.78 is 10.8. The van der Waals surface area contributed by atoms with Gasteiger partial charge in [0, 0.05) is 12.1 Å². The molecule has 0 saturated heterocycles. The quantitative estimate of drug-likeness (QED) is 0.855.